The molecule has 3 N–H and O–H groups in total. The Morgan fingerprint density at radius 2 is 1.23 bits per heavy atom. The molecule has 158 valence electrons. The number of hydrogen-bond acceptors (Lipinski definition) is 9. The molecule has 26 heavy (non-hydrogen) atoms. The van der Waals surface area contributed by atoms with Gasteiger partial charge >= 0.3 is 0 Å². The minimum Gasteiger partial charge on any atom is -0.394 e. The molecular formula is C17H36O9. The quantitative estimate of drug-likeness (QED) is 0.611. The largest absolute Gasteiger partial charge is 0.394 e. The third-order valence-corrected chi connectivity index (χ3v) is 3.55. The summed E-state index contributed by atoms with van der Waals surface area (Å²) >= 11 is 0. The fourth-order valence-corrected chi connectivity index (χ4v) is 1.70. The molecule has 0 aromatic heterocycles. The van der Waals surface area contributed by atoms with Crippen LogP contribution in [0.15, 0.2) is 0 Å². The Morgan fingerprint density at radius 1 is 0.846 bits per heavy atom. The van der Waals surface area contributed by atoms with Crippen molar-refractivity contribution in [2.24, 2.45) is 0 Å². The van der Waals surface area contributed by atoms with Gasteiger partial charge in [-0.2, -0.15) is 0 Å². The maximum Gasteiger partial charge on any atom is 0.163 e. The Labute approximate surface area is 156 Å². The molecule has 0 unspecified atom stereocenters. The van der Waals surface area contributed by atoms with Gasteiger partial charge in [0.1, 0.15) is 18.3 Å². The van der Waals surface area contributed by atoms with E-state index in [0.717, 1.165) is 0 Å². The van der Waals surface area contributed by atoms with Crippen LogP contribution in [0.2, 0.25) is 0 Å². The average molecular weight is 384 g/mol. The number of aliphatic hydroxyl groups is 3. The van der Waals surface area contributed by atoms with Gasteiger partial charge in [0.15, 0.2) is 11.6 Å². The van der Waals surface area contributed by atoms with E-state index in [1.807, 2.05) is 27.7 Å². The molecule has 0 amide bonds. The van der Waals surface area contributed by atoms with Crippen LogP contribution >= 0.6 is 0 Å². The SMILES string of the molecule is CC1(C)OCC(O)CO1.COC(CO)CO.COC1COC(C)(C)OC1. The van der Waals surface area contributed by atoms with E-state index < -0.39 is 23.8 Å². The normalized spacial score (nSPS) is 22.8. The first-order valence-corrected chi connectivity index (χ1v) is 8.60. The van der Waals surface area contributed by atoms with Crippen molar-refractivity contribution in [3.8, 4) is 0 Å². The number of hydrogen-bond donors (Lipinski definition) is 3. The predicted molar refractivity (Wildman–Crippen MR) is 93.7 cm³/mol. The molecule has 0 aliphatic carbocycles. The van der Waals surface area contributed by atoms with Gasteiger partial charge in [-0.25, -0.2) is 0 Å². The molecule has 0 bridgehead atoms. The molecule has 0 aromatic carbocycles. The molecule has 2 heterocycles. The highest BCUT2D eigenvalue weighted by molar-refractivity contribution is 4.66. The van der Waals surface area contributed by atoms with E-state index in [-0.39, 0.29) is 19.3 Å². The van der Waals surface area contributed by atoms with Crippen LogP contribution in [-0.4, -0.2) is 99.1 Å². The van der Waals surface area contributed by atoms with Gasteiger partial charge in [-0.1, -0.05) is 0 Å². The molecular weight excluding hydrogens is 348 g/mol. The van der Waals surface area contributed by atoms with Crippen LogP contribution in [-0.2, 0) is 28.4 Å². The summed E-state index contributed by atoms with van der Waals surface area (Å²) in [6.45, 7) is 9.25. The van der Waals surface area contributed by atoms with Gasteiger partial charge in [0.05, 0.1) is 39.6 Å². The molecule has 0 saturated carbocycles. The lowest BCUT2D eigenvalue weighted by atomic mass is 10.3. The molecule has 2 aliphatic rings. The van der Waals surface area contributed by atoms with Crippen LogP contribution in [0.5, 0.6) is 0 Å². The minimum absolute atomic E-state index is 0.105. The van der Waals surface area contributed by atoms with E-state index in [9.17, 15) is 0 Å². The third kappa shape index (κ3) is 12.1. The van der Waals surface area contributed by atoms with Crippen LogP contribution < -0.4 is 0 Å². The highest BCUT2D eigenvalue weighted by atomic mass is 16.7. The smallest absolute Gasteiger partial charge is 0.163 e. The van der Waals surface area contributed by atoms with Crippen LogP contribution in [0.4, 0.5) is 0 Å². The van der Waals surface area contributed by atoms with Crippen molar-refractivity contribution in [2.45, 2.75) is 57.6 Å². The molecule has 2 saturated heterocycles. The first-order chi connectivity index (χ1) is 12.1. The molecule has 0 atom stereocenters. The maximum atomic E-state index is 8.89. The van der Waals surface area contributed by atoms with E-state index in [2.05, 4.69) is 4.74 Å². The zero-order valence-electron chi connectivity index (χ0n) is 16.8. The number of aliphatic hydroxyl groups excluding tert-OH is 3. The van der Waals surface area contributed by atoms with Gasteiger partial charge in [0.2, 0.25) is 0 Å². The van der Waals surface area contributed by atoms with E-state index in [1.165, 1.54) is 7.11 Å². The average Bonchev–Trinajstić information content (AvgIpc) is 2.60. The summed E-state index contributed by atoms with van der Waals surface area (Å²) in [6.07, 6.45) is -0.744. The summed E-state index contributed by atoms with van der Waals surface area (Å²) in [4.78, 5) is 0. The van der Waals surface area contributed by atoms with Crippen molar-refractivity contribution >= 4 is 0 Å². The summed E-state index contributed by atoms with van der Waals surface area (Å²) in [5.41, 5.74) is 0. The monoisotopic (exact) mass is 384 g/mol. The Kier molecular flexibility index (Phi) is 12.7. The van der Waals surface area contributed by atoms with E-state index in [0.29, 0.717) is 26.4 Å². The Balaban J connectivity index is 0.000000368. The second-order valence-corrected chi connectivity index (χ2v) is 6.78. The molecule has 9 heteroatoms. The Bertz CT molecular complexity index is 320. The number of methoxy groups -OCH3 is 2. The van der Waals surface area contributed by atoms with E-state index in [4.69, 9.17) is 39.0 Å². The third-order valence-electron chi connectivity index (χ3n) is 3.55. The first-order valence-electron chi connectivity index (χ1n) is 8.60. The van der Waals surface area contributed by atoms with Crippen molar-refractivity contribution in [3.05, 3.63) is 0 Å². The van der Waals surface area contributed by atoms with Gasteiger partial charge in [-0.15, -0.1) is 0 Å². The Morgan fingerprint density at radius 3 is 1.46 bits per heavy atom. The summed E-state index contributed by atoms with van der Waals surface area (Å²) in [6, 6.07) is 0. The molecule has 0 radical (unpaired) electrons. The fourth-order valence-electron chi connectivity index (χ4n) is 1.70. The van der Waals surface area contributed by atoms with Crippen LogP contribution in [0.1, 0.15) is 27.7 Å². The standard InChI is InChI=1S/C7H14O3.C6H12O3.C4H10O3/c1-7(2)9-4-6(8-3)5-10-7;1-6(2)8-3-5(7)4-9-6;1-7-4(2-5)3-6/h6H,4-5H2,1-3H3;5,7H,3-4H2,1-2H3;4-6H,2-3H2,1H3. The maximum absolute atomic E-state index is 8.89. The van der Waals surface area contributed by atoms with Gasteiger partial charge < -0.3 is 43.7 Å². The van der Waals surface area contributed by atoms with Crippen LogP contribution in [0.3, 0.4) is 0 Å². The number of ether oxygens (including phenoxy) is 6. The van der Waals surface area contributed by atoms with Crippen LogP contribution in [0.25, 0.3) is 0 Å². The van der Waals surface area contributed by atoms with Crippen molar-refractivity contribution in [2.75, 3.05) is 53.9 Å². The summed E-state index contributed by atoms with van der Waals surface area (Å²) < 4.78 is 30.4. The lowest BCUT2D eigenvalue weighted by Gasteiger charge is -2.34. The summed E-state index contributed by atoms with van der Waals surface area (Å²) in [7, 11) is 3.10. The summed E-state index contributed by atoms with van der Waals surface area (Å²) in [5, 5.41) is 25.4. The highest BCUT2D eigenvalue weighted by Crippen LogP contribution is 2.18. The molecule has 2 fully saturated rings. The topological polar surface area (TPSA) is 116 Å². The lowest BCUT2D eigenvalue weighted by molar-refractivity contribution is -0.276. The first kappa shape index (κ1) is 25.6. The zero-order chi connectivity index (χ0) is 20.2. The van der Waals surface area contributed by atoms with E-state index >= 15 is 0 Å². The molecule has 9 nitrogen and oxygen atoms in total. The summed E-state index contributed by atoms with van der Waals surface area (Å²) in [5.74, 6) is -0.922. The van der Waals surface area contributed by atoms with E-state index in [1.54, 1.807) is 7.11 Å². The molecule has 2 aliphatic heterocycles. The molecule has 0 spiro atoms. The highest BCUT2D eigenvalue weighted by Gasteiger charge is 2.28. The zero-order valence-corrected chi connectivity index (χ0v) is 16.8. The van der Waals surface area contributed by atoms with Crippen molar-refractivity contribution in [1.29, 1.82) is 0 Å². The second kappa shape index (κ2) is 12.9. The second-order valence-electron chi connectivity index (χ2n) is 6.78. The van der Waals surface area contributed by atoms with Gasteiger partial charge in [0.25, 0.3) is 0 Å². The predicted octanol–water partition coefficient (Wildman–Crippen LogP) is -0.0995. The van der Waals surface area contributed by atoms with Crippen molar-refractivity contribution in [3.63, 3.8) is 0 Å². The van der Waals surface area contributed by atoms with Crippen molar-refractivity contribution in [1.82, 2.24) is 0 Å². The fraction of sp³-hybridized carbons (Fsp3) is 1.00. The number of rotatable bonds is 4. The van der Waals surface area contributed by atoms with Gasteiger partial charge in [-0.3, -0.25) is 0 Å². The van der Waals surface area contributed by atoms with Crippen molar-refractivity contribution < 1.29 is 43.7 Å². The Hall–Kier alpha value is -0.360. The molecule has 2 rings (SSSR count). The molecule has 0 aromatic rings. The lowest BCUT2D eigenvalue weighted by Crippen LogP contribution is -2.42. The van der Waals surface area contributed by atoms with Gasteiger partial charge in [-0.05, 0) is 27.7 Å². The van der Waals surface area contributed by atoms with Crippen LogP contribution in [0, 0.1) is 0 Å². The minimum atomic E-state index is -0.501. The van der Waals surface area contributed by atoms with Gasteiger partial charge in [0, 0.05) is 14.2 Å².